The summed E-state index contributed by atoms with van der Waals surface area (Å²) in [6, 6.07) is 3.90. The van der Waals surface area contributed by atoms with E-state index in [-0.39, 0.29) is 0 Å². The maximum absolute atomic E-state index is 6.15. The van der Waals surface area contributed by atoms with Crippen LogP contribution in [-0.4, -0.2) is 42.4 Å². The van der Waals surface area contributed by atoms with Crippen LogP contribution in [0.3, 0.4) is 0 Å². The highest BCUT2D eigenvalue weighted by Crippen LogP contribution is 2.18. The second-order valence-electron chi connectivity index (χ2n) is 5.39. The summed E-state index contributed by atoms with van der Waals surface area (Å²) in [5.74, 6) is 0. The Bertz CT molecular complexity index is 387. The summed E-state index contributed by atoms with van der Waals surface area (Å²) in [6.07, 6.45) is 3.56. The van der Waals surface area contributed by atoms with E-state index in [2.05, 4.69) is 4.98 Å². The third kappa shape index (κ3) is 7.27. The highest BCUT2D eigenvalue weighted by molar-refractivity contribution is 6.78. The molecule has 5 nitrogen and oxygen atoms in total. The van der Waals surface area contributed by atoms with E-state index < -0.39 is 17.1 Å². The van der Waals surface area contributed by atoms with Crippen LogP contribution in [-0.2, 0) is 24.3 Å². The third-order valence-corrected chi connectivity index (χ3v) is 8.21. The highest BCUT2D eigenvalue weighted by atomic mass is 28.5. The van der Waals surface area contributed by atoms with E-state index in [1.165, 1.54) is 0 Å². The van der Waals surface area contributed by atoms with Gasteiger partial charge in [0.15, 0.2) is 0 Å². The van der Waals surface area contributed by atoms with Crippen molar-refractivity contribution >= 4 is 17.1 Å². The number of pyridine rings is 1. The van der Waals surface area contributed by atoms with Gasteiger partial charge in [-0.05, 0) is 37.8 Å². The maximum Gasteiger partial charge on any atom is 0.323 e. The largest absolute Gasteiger partial charge is 0.415 e. The lowest BCUT2D eigenvalue weighted by Gasteiger charge is -2.32. The van der Waals surface area contributed by atoms with Gasteiger partial charge >= 0.3 is 17.1 Å². The second kappa shape index (κ2) is 8.01. The molecule has 0 unspecified atom stereocenters. The molecule has 0 bridgehead atoms. The van der Waals surface area contributed by atoms with Gasteiger partial charge in [0.1, 0.15) is 0 Å². The van der Waals surface area contributed by atoms with E-state index in [0.29, 0.717) is 19.8 Å². The summed E-state index contributed by atoms with van der Waals surface area (Å²) < 4.78 is 22.9. The minimum absolute atomic E-state index is 0.523. The summed E-state index contributed by atoms with van der Waals surface area (Å²) in [5.41, 5.74) is 1.05. The molecule has 0 N–H and O–H groups in total. The van der Waals surface area contributed by atoms with Crippen LogP contribution in [0.2, 0.25) is 26.2 Å². The number of ether oxygens (including phenoxy) is 1. The van der Waals surface area contributed by atoms with E-state index in [4.69, 9.17) is 17.7 Å². The molecule has 0 saturated heterocycles. The van der Waals surface area contributed by atoms with Gasteiger partial charge in [0.05, 0.1) is 19.8 Å². The highest BCUT2D eigenvalue weighted by Gasteiger charge is 2.36. The van der Waals surface area contributed by atoms with Gasteiger partial charge in [0.2, 0.25) is 0 Å². The molecule has 1 rings (SSSR count). The smallest absolute Gasteiger partial charge is 0.323 e. The van der Waals surface area contributed by atoms with Gasteiger partial charge in [-0.1, -0.05) is 6.07 Å². The fourth-order valence-corrected chi connectivity index (χ4v) is 8.06. The Morgan fingerprint density at radius 3 is 2.35 bits per heavy atom. The van der Waals surface area contributed by atoms with Crippen LogP contribution in [0.5, 0.6) is 0 Å². The van der Waals surface area contributed by atoms with Crippen LogP contribution >= 0.6 is 0 Å². The van der Waals surface area contributed by atoms with Crippen LogP contribution in [0.15, 0.2) is 24.5 Å². The maximum atomic E-state index is 6.15. The van der Waals surface area contributed by atoms with Crippen LogP contribution in [0.1, 0.15) is 5.56 Å². The molecule has 0 aliphatic rings. The summed E-state index contributed by atoms with van der Waals surface area (Å²) in [4.78, 5) is 4.07. The molecule has 1 aromatic heterocycles. The lowest BCUT2D eigenvalue weighted by atomic mass is 10.3. The van der Waals surface area contributed by atoms with Gasteiger partial charge in [-0.3, -0.25) is 4.98 Å². The Hall–Kier alpha value is -0.576. The molecule has 0 amide bonds. The Balaban J connectivity index is 2.43. The molecule has 0 aromatic carbocycles. The number of nitrogens with zero attached hydrogens (tertiary/aromatic N) is 1. The number of rotatable bonds is 9. The summed E-state index contributed by atoms with van der Waals surface area (Å²) in [6.45, 7) is 9.81. The van der Waals surface area contributed by atoms with Crippen molar-refractivity contribution in [3.63, 3.8) is 0 Å². The first kappa shape index (κ1) is 17.5. The molecule has 0 aliphatic carbocycles. The van der Waals surface area contributed by atoms with Gasteiger partial charge in [-0.25, -0.2) is 0 Å². The van der Waals surface area contributed by atoms with E-state index in [1.54, 1.807) is 13.3 Å². The molecule has 7 heteroatoms. The minimum Gasteiger partial charge on any atom is -0.415 e. The van der Waals surface area contributed by atoms with Crippen LogP contribution in [0, 0.1) is 0 Å². The van der Waals surface area contributed by atoms with Gasteiger partial charge in [-0.15, -0.1) is 0 Å². The van der Waals surface area contributed by atoms with Gasteiger partial charge < -0.3 is 17.7 Å². The summed E-state index contributed by atoms with van der Waals surface area (Å²) in [5, 5.41) is 0. The van der Waals surface area contributed by atoms with Gasteiger partial charge in [0, 0.05) is 19.5 Å². The summed E-state index contributed by atoms with van der Waals surface area (Å²) in [7, 11) is -2.73. The molecule has 114 valence electrons. The van der Waals surface area contributed by atoms with Crippen LogP contribution in [0.4, 0.5) is 0 Å². The first-order valence-corrected chi connectivity index (χ1v) is 12.3. The average molecular weight is 316 g/mol. The SMILES string of the molecule is COCCO[Si](C)(C)O[Si](C)(C)OCc1cccnc1. The van der Waals surface area contributed by atoms with E-state index >= 15 is 0 Å². The minimum atomic E-state index is -2.21. The van der Waals surface area contributed by atoms with Crippen LogP contribution < -0.4 is 0 Å². The van der Waals surface area contributed by atoms with Crippen molar-refractivity contribution < 1.29 is 17.7 Å². The monoisotopic (exact) mass is 315 g/mol. The fourth-order valence-electron chi connectivity index (χ4n) is 1.76. The quantitative estimate of drug-likeness (QED) is 0.518. The Morgan fingerprint density at radius 2 is 1.75 bits per heavy atom. The van der Waals surface area contributed by atoms with Gasteiger partial charge in [0.25, 0.3) is 0 Å². The summed E-state index contributed by atoms with van der Waals surface area (Å²) >= 11 is 0. The number of hydrogen-bond acceptors (Lipinski definition) is 5. The lowest BCUT2D eigenvalue weighted by Crippen LogP contribution is -2.48. The normalized spacial score (nSPS) is 12.7. The third-order valence-electron chi connectivity index (χ3n) is 2.54. The molecule has 0 atom stereocenters. The number of hydrogen-bond donors (Lipinski definition) is 0. The molecular formula is C13H25NO4Si2. The molecular weight excluding hydrogens is 290 g/mol. The lowest BCUT2D eigenvalue weighted by molar-refractivity contribution is 0.122. The predicted octanol–water partition coefficient (Wildman–Crippen LogP) is 2.68. The molecule has 20 heavy (non-hydrogen) atoms. The first-order valence-electron chi connectivity index (χ1n) is 6.70. The molecule has 0 fully saturated rings. The second-order valence-corrected chi connectivity index (χ2v) is 12.4. The van der Waals surface area contributed by atoms with Crippen molar-refractivity contribution in [2.45, 2.75) is 32.8 Å². The Kier molecular flexibility index (Phi) is 7.00. The van der Waals surface area contributed by atoms with Gasteiger partial charge in [-0.2, -0.15) is 0 Å². The van der Waals surface area contributed by atoms with Crippen molar-refractivity contribution in [2.75, 3.05) is 20.3 Å². The molecule has 1 heterocycles. The zero-order chi connectivity index (χ0) is 15.1. The predicted molar refractivity (Wildman–Crippen MR) is 82.9 cm³/mol. The van der Waals surface area contributed by atoms with Crippen molar-refractivity contribution in [1.82, 2.24) is 4.98 Å². The zero-order valence-corrected chi connectivity index (χ0v) is 15.0. The molecule has 0 saturated carbocycles. The molecule has 0 radical (unpaired) electrons. The van der Waals surface area contributed by atoms with E-state index in [1.807, 2.05) is 44.5 Å². The standard InChI is InChI=1S/C13H25NO4Si2/c1-15-9-10-16-19(2,3)18-20(4,5)17-12-13-7-6-8-14-11-13/h6-8,11H,9-10,12H2,1-5H3. The number of methoxy groups -OCH3 is 1. The van der Waals surface area contributed by atoms with E-state index in [9.17, 15) is 0 Å². The van der Waals surface area contributed by atoms with Crippen molar-refractivity contribution in [1.29, 1.82) is 0 Å². The fraction of sp³-hybridized carbons (Fsp3) is 0.615. The molecule has 0 aliphatic heterocycles. The zero-order valence-electron chi connectivity index (χ0n) is 13.0. The van der Waals surface area contributed by atoms with Crippen molar-refractivity contribution in [3.05, 3.63) is 30.1 Å². The van der Waals surface area contributed by atoms with E-state index in [0.717, 1.165) is 5.56 Å². The average Bonchev–Trinajstić information content (AvgIpc) is 2.37. The van der Waals surface area contributed by atoms with Crippen molar-refractivity contribution in [3.8, 4) is 0 Å². The Morgan fingerprint density at radius 1 is 1.05 bits per heavy atom. The number of aromatic nitrogens is 1. The molecule has 1 aromatic rings. The molecule has 0 spiro atoms. The topological polar surface area (TPSA) is 49.8 Å². The van der Waals surface area contributed by atoms with Crippen molar-refractivity contribution in [2.24, 2.45) is 0 Å². The first-order chi connectivity index (χ1) is 9.35. The van der Waals surface area contributed by atoms with Crippen LogP contribution in [0.25, 0.3) is 0 Å². The Labute approximate surface area is 123 Å².